The number of guanidine groups is 1. The molecule has 25 heavy (non-hydrogen) atoms. The molecular formula is C20H28N4O. The minimum Gasteiger partial charge on any atom is -0.465 e. The second-order valence-electron chi connectivity index (χ2n) is 6.93. The van der Waals surface area contributed by atoms with Gasteiger partial charge in [-0.3, -0.25) is 9.89 Å². The van der Waals surface area contributed by atoms with Crippen LogP contribution in [0.2, 0.25) is 0 Å². The number of hydrogen-bond donors (Lipinski definition) is 2. The molecule has 0 amide bonds. The van der Waals surface area contributed by atoms with Crippen molar-refractivity contribution >= 4 is 11.6 Å². The Labute approximate surface area is 149 Å². The number of benzene rings is 1. The lowest BCUT2D eigenvalue weighted by molar-refractivity contribution is 0.219. The molecule has 0 radical (unpaired) electrons. The second-order valence-corrected chi connectivity index (χ2v) is 6.93. The SMILES string of the molecule is Cc1cc(C)cc(NC(N)=NCC(c2ccc(C)o2)N2CCCC2)c1. The molecule has 0 aliphatic carbocycles. The van der Waals surface area contributed by atoms with E-state index >= 15 is 0 Å². The van der Waals surface area contributed by atoms with E-state index in [1.54, 1.807) is 0 Å². The molecule has 0 saturated carbocycles. The summed E-state index contributed by atoms with van der Waals surface area (Å²) >= 11 is 0. The Morgan fingerprint density at radius 3 is 2.44 bits per heavy atom. The third kappa shape index (κ3) is 4.63. The van der Waals surface area contributed by atoms with Crippen LogP contribution in [0, 0.1) is 20.8 Å². The van der Waals surface area contributed by atoms with Gasteiger partial charge in [0.25, 0.3) is 0 Å². The summed E-state index contributed by atoms with van der Waals surface area (Å²) < 4.78 is 5.87. The first-order chi connectivity index (χ1) is 12.0. The zero-order valence-corrected chi connectivity index (χ0v) is 15.4. The Morgan fingerprint density at radius 2 is 1.84 bits per heavy atom. The Balaban J connectivity index is 1.71. The van der Waals surface area contributed by atoms with E-state index in [1.165, 1.54) is 24.0 Å². The molecule has 1 aliphatic rings. The lowest BCUT2D eigenvalue weighted by Crippen LogP contribution is -2.30. The number of anilines is 1. The Kier molecular flexibility index (Phi) is 5.43. The Hall–Kier alpha value is -2.27. The average Bonchev–Trinajstić information content (AvgIpc) is 3.19. The first-order valence-electron chi connectivity index (χ1n) is 8.97. The van der Waals surface area contributed by atoms with Crippen LogP contribution < -0.4 is 11.1 Å². The van der Waals surface area contributed by atoms with E-state index in [0.717, 1.165) is 30.3 Å². The van der Waals surface area contributed by atoms with Crippen molar-refractivity contribution in [3.63, 3.8) is 0 Å². The predicted molar refractivity (Wildman–Crippen MR) is 103 cm³/mol. The van der Waals surface area contributed by atoms with E-state index in [1.807, 2.05) is 13.0 Å². The monoisotopic (exact) mass is 340 g/mol. The van der Waals surface area contributed by atoms with Crippen LogP contribution >= 0.6 is 0 Å². The molecule has 3 rings (SSSR count). The first kappa shape index (κ1) is 17.5. The number of aliphatic imine (C=N–C) groups is 1. The van der Waals surface area contributed by atoms with E-state index in [9.17, 15) is 0 Å². The van der Waals surface area contributed by atoms with Crippen molar-refractivity contribution in [2.24, 2.45) is 10.7 Å². The van der Waals surface area contributed by atoms with Gasteiger partial charge in [0.2, 0.25) is 0 Å². The van der Waals surface area contributed by atoms with Crippen LogP contribution in [0.1, 0.15) is 41.5 Å². The number of furan rings is 1. The summed E-state index contributed by atoms with van der Waals surface area (Å²) in [7, 11) is 0. The maximum Gasteiger partial charge on any atom is 0.193 e. The summed E-state index contributed by atoms with van der Waals surface area (Å²) in [5, 5.41) is 3.20. The molecule has 5 heteroatoms. The van der Waals surface area contributed by atoms with Gasteiger partial charge in [-0.05, 0) is 82.1 Å². The van der Waals surface area contributed by atoms with Crippen LogP contribution in [0.3, 0.4) is 0 Å². The van der Waals surface area contributed by atoms with Crippen molar-refractivity contribution in [2.75, 3.05) is 25.0 Å². The van der Waals surface area contributed by atoms with E-state index in [2.05, 4.69) is 53.3 Å². The molecular weight excluding hydrogens is 312 g/mol. The van der Waals surface area contributed by atoms with Crippen LogP contribution in [0.15, 0.2) is 39.7 Å². The third-order valence-electron chi connectivity index (χ3n) is 4.60. The van der Waals surface area contributed by atoms with Gasteiger partial charge < -0.3 is 15.5 Å². The number of nitrogens with one attached hydrogen (secondary N) is 1. The van der Waals surface area contributed by atoms with Gasteiger partial charge in [0.05, 0.1) is 12.6 Å². The minimum atomic E-state index is 0.149. The average molecular weight is 340 g/mol. The number of rotatable bonds is 5. The van der Waals surface area contributed by atoms with Gasteiger partial charge in [0, 0.05) is 5.69 Å². The number of aryl methyl sites for hydroxylation is 3. The smallest absolute Gasteiger partial charge is 0.193 e. The van der Waals surface area contributed by atoms with E-state index < -0.39 is 0 Å². The molecule has 1 aromatic carbocycles. The van der Waals surface area contributed by atoms with Gasteiger partial charge in [0.1, 0.15) is 11.5 Å². The molecule has 2 aromatic rings. The van der Waals surface area contributed by atoms with Gasteiger partial charge in [0.15, 0.2) is 5.96 Å². The summed E-state index contributed by atoms with van der Waals surface area (Å²) in [6, 6.07) is 10.5. The fourth-order valence-electron chi connectivity index (χ4n) is 3.49. The number of hydrogen-bond acceptors (Lipinski definition) is 3. The lowest BCUT2D eigenvalue weighted by Gasteiger charge is -2.24. The summed E-state index contributed by atoms with van der Waals surface area (Å²) in [6.45, 7) is 8.90. The number of nitrogens with two attached hydrogens (primary N) is 1. The van der Waals surface area contributed by atoms with Crippen molar-refractivity contribution in [1.82, 2.24) is 4.90 Å². The van der Waals surface area contributed by atoms with Crippen LogP contribution in [0.25, 0.3) is 0 Å². The highest BCUT2D eigenvalue weighted by atomic mass is 16.3. The maximum absolute atomic E-state index is 6.13. The van der Waals surface area contributed by atoms with Crippen molar-refractivity contribution in [3.05, 3.63) is 53.0 Å². The van der Waals surface area contributed by atoms with E-state index in [-0.39, 0.29) is 6.04 Å². The highest BCUT2D eigenvalue weighted by Gasteiger charge is 2.25. The number of likely N-dealkylation sites (tertiary alicyclic amines) is 1. The molecule has 1 aromatic heterocycles. The van der Waals surface area contributed by atoms with Crippen LogP contribution in [-0.4, -0.2) is 30.5 Å². The second kappa shape index (κ2) is 7.74. The van der Waals surface area contributed by atoms with Gasteiger partial charge in [-0.2, -0.15) is 0 Å². The molecule has 0 bridgehead atoms. The minimum absolute atomic E-state index is 0.149. The normalized spacial score (nSPS) is 17.0. The van der Waals surface area contributed by atoms with Gasteiger partial charge >= 0.3 is 0 Å². The van der Waals surface area contributed by atoms with Crippen molar-refractivity contribution in [3.8, 4) is 0 Å². The van der Waals surface area contributed by atoms with Gasteiger partial charge in [-0.1, -0.05) is 6.07 Å². The van der Waals surface area contributed by atoms with Gasteiger partial charge in [-0.25, -0.2) is 0 Å². The van der Waals surface area contributed by atoms with Crippen LogP contribution in [0.4, 0.5) is 5.69 Å². The van der Waals surface area contributed by atoms with Crippen molar-refractivity contribution in [1.29, 1.82) is 0 Å². The fraction of sp³-hybridized carbons (Fsp3) is 0.450. The molecule has 134 valence electrons. The summed E-state index contributed by atoms with van der Waals surface area (Å²) in [6.07, 6.45) is 2.46. The standard InChI is InChI=1S/C20H28N4O/c1-14-10-15(2)12-17(11-14)23-20(21)22-13-18(24-8-4-5-9-24)19-7-6-16(3)25-19/h6-7,10-12,18H,4-5,8-9,13H2,1-3H3,(H3,21,22,23). The first-order valence-corrected chi connectivity index (χ1v) is 8.97. The zero-order valence-electron chi connectivity index (χ0n) is 15.4. The molecule has 1 saturated heterocycles. The molecule has 1 unspecified atom stereocenters. The predicted octanol–water partition coefficient (Wildman–Crippen LogP) is 3.77. The largest absolute Gasteiger partial charge is 0.465 e. The summed E-state index contributed by atoms with van der Waals surface area (Å²) in [5.74, 6) is 2.35. The third-order valence-corrected chi connectivity index (χ3v) is 4.60. The zero-order chi connectivity index (χ0) is 17.8. The molecule has 2 heterocycles. The highest BCUT2D eigenvalue weighted by Crippen LogP contribution is 2.27. The Morgan fingerprint density at radius 1 is 1.16 bits per heavy atom. The van der Waals surface area contributed by atoms with Crippen molar-refractivity contribution in [2.45, 2.75) is 39.7 Å². The molecule has 1 atom stereocenters. The summed E-state index contributed by atoms with van der Waals surface area (Å²) in [5.41, 5.74) is 9.51. The van der Waals surface area contributed by atoms with Crippen LogP contribution in [-0.2, 0) is 0 Å². The van der Waals surface area contributed by atoms with E-state index in [0.29, 0.717) is 12.5 Å². The summed E-state index contributed by atoms with van der Waals surface area (Å²) in [4.78, 5) is 7.03. The maximum atomic E-state index is 6.13. The van der Waals surface area contributed by atoms with Gasteiger partial charge in [-0.15, -0.1) is 0 Å². The molecule has 1 fully saturated rings. The topological polar surface area (TPSA) is 66.8 Å². The fourth-order valence-corrected chi connectivity index (χ4v) is 3.49. The molecule has 3 N–H and O–H groups in total. The molecule has 0 spiro atoms. The lowest BCUT2D eigenvalue weighted by atomic mass is 10.1. The van der Waals surface area contributed by atoms with E-state index in [4.69, 9.17) is 10.2 Å². The molecule has 1 aliphatic heterocycles. The quantitative estimate of drug-likeness (QED) is 0.642. The van der Waals surface area contributed by atoms with Crippen molar-refractivity contribution < 1.29 is 4.42 Å². The number of nitrogens with zero attached hydrogens (tertiary/aromatic N) is 2. The van der Waals surface area contributed by atoms with Crippen LogP contribution in [0.5, 0.6) is 0 Å². The highest BCUT2D eigenvalue weighted by molar-refractivity contribution is 5.92. The Bertz CT molecular complexity index is 724. The molecule has 5 nitrogen and oxygen atoms in total.